The highest BCUT2D eigenvalue weighted by molar-refractivity contribution is 6.05. The molecule has 0 amide bonds. The van der Waals surface area contributed by atoms with Gasteiger partial charge in [0.25, 0.3) is 0 Å². The van der Waals surface area contributed by atoms with Crippen molar-refractivity contribution < 1.29 is 9.53 Å². The maximum atomic E-state index is 12.5. The van der Waals surface area contributed by atoms with Crippen LogP contribution in [-0.4, -0.2) is 18.4 Å². The number of hydrogen-bond donors (Lipinski definition) is 1. The molecule has 1 rings (SSSR count). The van der Waals surface area contributed by atoms with E-state index < -0.39 is 5.54 Å². The maximum absolute atomic E-state index is 12.5. The molecule has 0 fully saturated rings. The van der Waals surface area contributed by atoms with Gasteiger partial charge < -0.3 is 10.5 Å². The first kappa shape index (κ1) is 13.7. The van der Waals surface area contributed by atoms with Gasteiger partial charge in [0.2, 0.25) is 0 Å². The first-order valence-electron chi connectivity index (χ1n) is 5.96. The summed E-state index contributed by atoms with van der Waals surface area (Å²) in [6.07, 6.45) is 1.25. The summed E-state index contributed by atoms with van der Waals surface area (Å²) in [5, 5.41) is 0. The molecule has 94 valence electrons. The van der Waals surface area contributed by atoms with Crippen LogP contribution >= 0.6 is 0 Å². The van der Waals surface area contributed by atoms with Crippen LogP contribution in [0.3, 0.4) is 0 Å². The fourth-order valence-electron chi connectivity index (χ4n) is 1.84. The van der Waals surface area contributed by atoms with Crippen LogP contribution in [0.25, 0.3) is 0 Å². The molecule has 0 spiro atoms. The lowest BCUT2D eigenvalue weighted by Gasteiger charge is -2.25. The summed E-state index contributed by atoms with van der Waals surface area (Å²) in [6.45, 7) is 5.82. The van der Waals surface area contributed by atoms with Crippen LogP contribution in [0.2, 0.25) is 0 Å². The summed E-state index contributed by atoms with van der Waals surface area (Å²) >= 11 is 0. The molecule has 0 atom stereocenters. The van der Waals surface area contributed by atoms with E-state index in [1.807, 2.05) is 39.0 Å². The van der Waals surface area contributed by atoms with Crippen LogP contribution in [0.4, 0.5) is 0 Å². The Hall–Kier alpha value is -1.35. The number of nitrogens with two attached hydrogens (primary N) is 1. The Balaban J connectivity index is 3.23. The van der Waals surface area contributed by atoms with E-state index in [2.05, 4.69) is 0 Å². The lowest BCUT2D eigenvalue weighted by atomic mass is 9.85. The topological polar surface area (TPSA) is 52.3 Å². The zero-order valence-corrected chi connectivity index (χ0v) is 11.0. The number of rotatable bonds is 5. The number of ether oxygens (including phenoxy) is 1. The second kappa shape index (κ2) is 5.32. The lowest BCUT2D eigenvalue weighted by Crippen LogP contribution is -2.46. The van der Waals surface area contributed by atoms with Gasteiger partial charge in [-0.1, -0.05) is 25.5 Å². The monoisotopic (exact) mass is 235 g/mol. The summed E-state index contributed by atoms with van der Waals surface area (Å²) in [4.78, 5) is 12.5. The first-order valence-corrected chi connectivity index (χ1v) is 5.96. The van der Waals surface area contributed by atoms with E-state index in [1.165, 1.54) is 0 Å². The van der Waals surface area contributed by atoms with Crippen molar-refractivity contribution >= 4 is 5.78 Å². The average Bonchev–Trinajstić information content (AvgIpc) is 2.36. The normalized spacial score (nSPS) is 11.4. The second-order valence-corrected chi connectivity index (χ2v) is 4.40. The van der Waals surface area contributed by atoms with Gasteiger partial charge in [-0.25, -0.2) is 0 Å². The number of Topliss-reactive ketones (excluding diaryl/α,β-unsaturated/α-hetero) is 1. The molecule has 0 aliphatic carbocycles. The number of aryl methyl sites for hydroxylation is 1. The standard InChI is InChI=1S/C14H21NO2/c1-5-14(15,6-2)13(16)11-9-10(3)7-8-12(11)17-4/h7-9H,5-6,15H2,1-4H3. The summed E-state index contributed by atoms with van der Waals surface area (Å²) < 4.78 is 5.23. The number of carbonyl (C=O) groups excluding carboxylic acids is 1. The van der Waals surface area contributed by atoms with Gasteiger partial charge in [-0.3, -0.25) is 4.79 Å². The van der Waals surface area contributed by atoms with Gasteiger partial charge in [0.1, 0.15) is 5.75 Å². The Morgan fingerprint density at radius 3 is 2.41 bits per heavy atom. The molecule has 0 heterocycles. The van der Waals surface area contributed by atoms with Crippen LogP contribution < -0.4 is 10.5 Å². The largest absolute Gasteiger partial charge is 0.496 e. The second-order valence-electron chi connectivity index (χ2n) is 4.40. The van der Waals surface area contributed by atoms with Crippen LogP contribution in [0.1, 0.15) is 42.6 Å². The van der Waals surface area contributed by atoms with Gasteiger partial charge >= 0.3 is 0 Å². The molecule has 17 heavy (non-hydrogen) atoms. The first-order chi connectivity index (χ1) is 7.98. The van der Waals surface area contributed by atoms with Gasteiger partial charge in [0.15, 0.2) is 5.78 Å². The molecule has 0 aromatic heterocycles. The number of benzene rings is 1. The molecule has 0 saturated heterocycles. The molecule has 0 bridgehead atoms. The predicted octanol–water partition coefficient (Wildman–Crippen LogP) is 2.70. The van der Waals surface area contributed by atoms with Crippen molar-refractivity contribution in [2.45, 2.75) is 39.2 Å². The van der Waals surface area contributed by atoms with Crippen molar-refractivity contribution in [3.63, 3.8) is 0 Å². The molecular weight excluding hydrogens is 214 g/mol. The third-order valence-electron chi connectivity index (χ3n) is 3.31. The zero-order chi connectivity index (χ0) is 13.1. The van der Waals surface area contributed by atoms with Gasteiger partial charge in [0.05, 0.1) is 18.2 Å². The van der Waals surface area contributed by atoms with Crippen LogP contribution in [0.5, 0.6) is 5.75 Å². The minimum Gasteiger partial charge on any atom is -0.496 e. The van der Waals surface area contributed by atoms with Crippen molar-refractivity contribution in [1.82, 2.24) is 0 Å². The van der Waals surface area contributed by atoms with Crippen molar-refractivity contribution in [3.8, 4) is 5.75 Å². The molecule has 1 aromatic carbocycles. The van der Waals surface area contributed by atoms with Gasteiger partial charge in [0, 0.05) is 0 Å². The van der Waals surface area contributed by atoms with Gasteiger partial charge in [-0.15, -0.1) is 0 Å². The number of hydrogen-bond acceptors (Lipinski definition) is 3. The van der Waals surface area contributed by atoms with Crippen LogP contribution in [0.15, 0.2) is 18.2 Å². The van der Waals surface area contributed by atoms with Crippen molar-refractivity contribution in [1.29, 1.82) is 0 Å². The van der Waals surface area contributed by atoms with E-state index in [1.54, 1.807) is 7.11 Å². The highest BCUT2D eigenvalue weighted by atomic mass is 16.5. The summed E-state index contributed by atoms with van der Waals surface area (Å²) in [6, 6.07) is 5.58. The number of methoxy groups -OCH3 is 1. The van der Waals surface area contributed by atoms with Crippen molar-refractivity contribution in [3.05, 3.63) is 29.3 Å². The Bertz CT molecular complexity index is 409. The molecule has 1 aromatic rings. The molecule has 0 unspecified atom stereocenters. The number of carbonyl (C=O) groups is 1. The van der Waals surface area contributed by atoms with Gasteiger partial charge in [-0.2, -0.15) is 0 Å². The molecule has 3 heteroatoms. The fraction of sp³-hybridized carbons (Fsp3) is 0.500. The summed E-state index contributed by atoms with van der Waals surface area (Å²) in [5.41, 5.74) is 6.96. The highest BCUT2D eigenvalue weighted by Gasteiger charge is 2.32. The van der Waals surface area contributed by atoms with E-state index >= 15 is 0 Å². The Labute approximate surface area is 103 Å². The highest BCUT2D eigenvalue weighted by Crippen LogP contribution is 2.26. The van der Waals surface area contributed by atoms with Crippen molar-refractivity contribution in [2.24, 2.45) is 5.73 Å². The maximum Gasteiger partial charge on any atom is 0.186 e. The lowest BCUT2D eigenvalue weighted by molar-refractivity contribution is 0.0876. The molecule has 3 nitrogen and oxygen atoms in total. The molecule has 2 N–H and O–H groups in total. The Morgan fingerprint density at radius 2 is 1.94 bits per heavy atom. The Morgan fingerprint density at radius 1 is 1.35 bits per heavy atom. The van der Waals surface area contributed by atoms with E-state index in [-0.39, 0.29) is 5.78 Å². The minimum atomic E-state index is -0.791. The molecule has 0 saturated carbocycles. The SMILES string of the molecule is CCC(N)(CC)C(=O)c1cc(C)ccc1OC. The fourth-order valence-corrected chi connectivity index (χ4v) is 1.84. The molecule has 0 aliphatic rings. The van der Waals surface area contributed by atoms with E-state index in [4.69, 9.17) is 10.5 Å². The number of ketones is 1. The molecular formula is C14H21NO2. The quantitative estimate of drug-likeness (QED) is 0.798. The van der Waals surface area contributed by atoms with E-state index in [9.17, 15) is 4.79 Å². The average molecular weight is 235 g/mol. The molecule has 0 aliphatic heterocycles. The molecule has 0 radical (unpaired) electrons. The summed E-state index contributed by atoms with van der Waals surface area (Å²) in [7, 11) is 1.57. The van der Waals surface area contributed by atoms with Crippen LogP contribution in [-0.2, 0) is 0 Å². The predicted molar refractivity (Wildman–Crippen MR) is 69.6 cm³/mol. The third-order valence-corrected chi connectivity index (χ3v) is 3.31. The third kappa shape index (κ3) is 2.67. The van der Waals surface area contributed by atoms with Gasteiger partial charge in [-0.05, 0) is 31.9 Å². The smallest absolute Gasteiger partial charge is 0.186 e. The summed E-state index contributed by atoms with van der Waals surface area (Å²) in [5.74, 6) is 0.556. The van der Waals surface area contributed by atoms with E-state index in [0.29, 0.717) is 24.2 Å². The van der Waals surface area contributed by atoms with E-state index in [0.717, 1.165) is 5.56 Å². The Kier molecular flexibility index (Phi) is 4.29. The minimum absolute atomic E-state index is 0.0388. The van der Waals surface area contributed by atoms with Crippen molar-refractivity contribution in [2.75, 3.05) is 7.11 Å². The van der Waals surface area contributed by atoms with Crippen LogP contribution in [0, 0.1) is 6.92 Å². The zero-order valence-electron chi connectivity index (χ0n) is 11.0.